The van der Waals surface area contributed by atoms with Crippen LogP contribution in [0.1, 0.15) is 12.0 Å². The quantitative estimate of drug-likeness (QED) is 0.602. The molecule has 0 saturated heterocycles. The van der Waals surface area contributed by atoms with Crippen molar-refractivity contribution in [1.82, 2.24) is 25.1 Å². The van der Waals surface area contributed by atoms with Crippen LogP contribution >= 0.6 is 11.3 Å². The maximum atomic E-state index is 4.73. The van der Waals surface area contributed by atoms with E-state index in [2.05, 4.69) is 45.7 Å². The first-order valence-corrected chi connectivity index (χ1v) is 9.18. The van der Waals surface area contributed by atoms with Crippen LogP contribution in [0.15, 0.2) is 42.7 Å². The first-order valence-electron chi connectivity index (χ1n) is 8.37. The summed E-state index contributed by atoms with van der Waals surface area (Å²) in [6, 6.07) is 8.51. The molecule has 1 N–H and O–H groups in total. The van der Waals surface area contributed by atoms with E-state index in [9.17, 15) is 0 Å². The maximum absolute atomic E-state index is 4.73. The first-order chi connectivity index (χ1) is 12.3. The molecular weight excluding hydrogens is 330 g/mol. The van der Waals surface area contributed by atoms with Gasteiger partial charge in [-0.1, -0.05) is 6.08 Å². The van der Waals surface area contributed by atoms with Crippen LogP contribution in [-0.2, 0) is 7.05 Å². The fraction of sp³-hybridized carbons (Fsp3) is 0.211. The average molecular weight is 347 g/mol. The summed E-state index contributed by atoms with van der Waals surface area (Å²) < 4.78 is 2.98. The lowest BCUT2D eigenvalue weighted by atomic mass is 10.0. The van der Waals surface area contributed by atoms with Crippen molar-refractivity contribution in [2.75, 3.05) is 13.1 Å². The van der Waals surface area contributed by atoms with Gasteiger partial charge in [-0.05, 0) is 48.4 Å². The first kappa shape index (κ1) is 14.7. The Labute approximate surface area is 149 Å². The minimum Gasteiger partial charge on any atom is -0.313 e. The third-order valence-corrected chi connectivity index (χ3v) is 5.59. The normalized spacial score (nSPS) is 15.0. The minimum atomic E-state index is 0.824. The third kappa shape index (κ3) is 2.63. The predicted octanol–water partition coefficient (Wildman–Crippen LogP) is 3.62. The second kappa shape index (κ2) is 5.75. The second-order valence-corrected chi connectivity index (χ2v) is 7.36. The molecule has 5 nitrogen and oxygen atoms in total. The van der Waals surface area contributed by atoms with Crippen LogP contribution in [0, 0.1) is 0 Å². The van der Waals surface area contributed by atoms with Gasteiger partial charge in [-0.3, -0.25) is 4.68 Å². The van der Waals surface area contributed by atoms with Crippen LogP contribution in [0.3, 0.4) is 0 Å². The number of thiazole rings is 1. The fourth-order valence-electron chi connectivity index (χ4n) is 3.29. The van der Waals surface area contributed by atoms with Crippen molar-refractivity contribution in [1.29, 1.82) is 0 Å². The molecule has 0 saturated carbocycles. The van der Waals surface area contributed by atoms with E-state index in [0.29, 0.717) is 0 Å². The van der Waals surface area contributed by atoms with Gasteiger partial charge in [-0.15, -0.1) is 11.3 Å². The number of nitrogens with one attached hydrogen (secondary N) is 1. The van der Waals surface area contributed by atoms with Crippen molar-refractivity contribution < 1.29 is 0 Å². The molecule has 0 bridgehead atoms. The summed E-state index contributed by atoms with van der Waals surface area (Å²) in [5, 5.41) is 9.92. The molecule has 4 heterocycles. The summed E-state index contributed by atoms with van der Waals surface area (Å²) in [5.41, 5.74) is 5.54. The van der Waals surface area contributed by atoms with Crippen LogP contribution in [-0.4, -0.2) is 32.8 Å². The van der Waals surface area contributed by atoms with Crippen molar-refractivity contribution in [3.63, 3.8) is 0 Å². The highest BCUT2D eigenvalue weighted by molar-refractivity contribution is 7.21. The molecule has 6 heteroatoms. The Hall–Kier alpha value is -2.57. The molecule has 0 fully saturated rings. The molecule has 0 spiro atoms. The Bertz CT molecular complexity index is 1120. The lowest BCUT2D eigenvalue weighted by molar-refractivity contribution is 0.738. The molecule has 0 radical (unpaired) electrons. The average Bonchev–Trinajstić information content (AvgIpc) is 3.23. The number of rotatable bonds is 2. The zero-order valence-electron chi connectivity index (χ0n) is 13.9. The largest absolute Gasteiger partial charge is 0.313 e. The summed E-state index contributed by atoms with van der Waals surface area (Å²) in [5.74, 6) is 0. The van der Waals surface area contributed by atoms with Crippen molar-refractivity contribution >= 4 is 38.2 Å². The number of fused-ring (bicyclic) bond motifs is 2. The number of pyridine rings is 1. The van der Waals surface area contributed by atoms with E-state index in [-0.39, 0.29) is 0 Å². The molecule has 1 aliphatic heterocycles. The lowest BCUT2D eigenvalue weighted by Gasteiger charge is -2.13. The van der Waals surface area contributed by atoms with Crippen LogP contribution in [0.4, 0.5) is 0 Å². The smallest absolute Gasteiger partial charge is 0.170 e. The summed E-state index contributed by atoms with van der Waals surface area (Å²) >= 11 is 1.70. The van der Waals surface area contributed by atoms with E-state index < -0.39 is 0 Å². The van der Waals surface area contributed by atoms with Crippen molar-refractivity contribution in [3.8, 4) is 10.6 Å². The zero-order valence-corrected chi connectivity index (χ0v) is 14.7. The van der Waals surface area contributed by atoms with Gasteiger partial charge in [0, 0.05) is 36.9 Å². The predicted molar refractivity (Wildman–Crippen MR) is 103 cm³/mol. The lowest BCUT2D eigenvalue weighted by Crippen LogP contribution is -2.20. The van der Waals surface area contributed by atoms with E-state index in [0.717, 1.165) is 51.3 Å². The molecule has 1 aromatic carbocycles. The van der Waals surface area contributed by atoms with Gasteiger partial charge in [0.25, 0.3) is 0 Å². The third-order valence-electron chi connectivity index (χ3n) is 4.55. The van der Waals surface area contributed by atoms with E-state index in [1.165, 1.54) is 11.1 Å². The highest BCUT2D eigenvalue weighted by Gasteiger charge is 2.12. The summed E-state index contributed by atoms with van der Waals surface area (Å²) in [4.78, 5) is 9.32. The maximum Gasteiger partial charge on any atom is 0.170 e. The van der Waals surface area contributed by atoms with E-state index >= 15 is 0 Å². The zero-order chi connectivity index (χ0) is 16.8. The number of hydrogen-bond acceptors (Lipinski definition) is 5. The Morgan fingerprint density at radius 1 is 1.20 bits per heavy atom. The molecule has 0 unspecified atom stereocenters. The van der Waals surface area contributed by atoms with E-state index in [4.69, 9.17) is 4.98 Å². The SMILES string of the molecule is Cn1cc2cc(-c3nc4ncc(C5=CCNCC5)cc4s3)ccc2n1. The molecule has 4 aromatic rings. The van der Waals surface area contributed by atoms with E-state index in [1.54, 1.807) is 11.3 Å². The van der Waals surface area contributed by atoms with Crippen LogP contribution in [0.5, 0.6) is 0 Å². The van der Waals surface area contributed by atoms with Gasteiger partial charge >= 0.3 is 0 Å². The van der Waals surface area contributed by atoms with Crippen LogP contribution < -0.4 is 5.32 Å². The minimum absolute atomic E-state index is 0.824. The molecule has 5 rings (SSSR count). The van der Waals surface area contributed by atoms with Crippen LogP contribution in [0.25, 0.3) is 37.4 Å². The standard InChI is InChI=1S/C19H17N5S/c1-24-11-15-8-13(2-3-16(15)23-24)19-22-18-17(25-19)9-14(10-21-18)12-4-6-20-7-5-12/h2-4,8-11,20H,5-7H2,1H3. The van der Waals surface area contributed by atoms with E-state index in [1.807, 2.05) is 24.1 Å². The number of aromatic nitrogens is 4. The van der Waals surface area contributed by atoms with Crippen molar-refractivity contribution in [2.45, 2.75) is 6.42 Å². The number of aryl methyl sites for hydroxylation is 1. The van der Waals surface area contributed by atoms with Crippen molar-refractivity contribution in [2.24, 2.45) is 7.05 Å². The second-order valence-electron chi connectivity index (χ2n) is 6.32. The summed E-state index contributed by atoms with van der Waals surface area (Å²) in [6.07, 6.45) is 7.29. The fourth-order valence-corrected chi connectivity index (χ4v) is 4.25. The Kier molecular flexibility index (Phi) is 3.39. The molecule has 25 heavy (non-hydrogen) atoms. The Balaban J connectivity index is 1.57. The highest BCUT2D eigenvalue weighted by Crippen LogP contribution is 2.32. The Morgan fingerprint density at radius 2 is 2.16 bits per heavy atom. The van der Waals surface area contributed by atoms with Crippen molar-refractivity contribution in [3.05, 3.63) is 48.3 Å². The van der Waals surface area contributed by atoms with Gasteiger partial charge in [-0.2, -0.15) is 5.10 Å². The number of hydrogen-bond donors (Lipinski definition) is 1. The Morgan fingerprint density at radius 3 is 3.04 bits per heavy atom. The summed E-state index contributed by atoms with van der Waals surface area (Å²) in [7, 11) is 1.94. The van der Waals surface area contributed by atoms with Gasteiger partial charge in [0.05, 0.1) is 10.2 Å². The molecule has 124 valence electrons. The summed E-state index contributed by atoms with van der Waals surface area (Å²) in [6.45, 7) is 1.97. The molecule has 0 aliphatic carbocycles. The molecule has 0 atom stereocenters. The van der Waals surface area contributed by atoms with Gasteiger partial charge < -0.3 is 5.32 Å². The molecule has 1 aliphatic rings. The topological polar surface area (TPSA) is 55.6 Å². The number of benzene rings is 1. The highest BCUT2D eigenvalue weighted by atomic mass is 32.1. The van der Waals surface area contributed by atoms with Gasteiger partial charge in [0.2, 0.25) is 0 Å². The van der Waals surface area contributed by atoms with Gasteiger partial charge in [-0.25, -0.2) is 9.97 Å². The molecule has 0 amide bonds. The van der Waals surface area contributed by atoms with Crippen LogP contribution in [0.2, 0.25) is 0 Å². The molecular formula is C19H17N5S. The molecule has 3 aromatic heterocycles. The monoisotopic (exact) mass is 347 g/mol. The van der Waals surface area contributed by atoms with Gasteiger partial charge in [0.15, 0.2) is 5.65 Å². The number of nitrogens with zero attached hydrogens (tertiary/aromatic N) is 4. The van der Waals surface area contributed by atoms with Gasteiger partial charge in [0.1, 0.15) is 5.01 Å².